The molecule has 4 rings (SSSR count). The Morgan fingerprint density at radius 2 is 1.71 bits per heavy atom. The predicted octanol–water partition coefficient (Wildman–Crippen LogP) is 5.64. The van der Waals surface area contributed by atoms with Gasteiger partial charge in [0.15, 0.2) is 0 Å². The van der Waals surface area contributed by atoms with Crippen LogP contribution >= 0.6 is 27.5 Å². The van der Waals surface area contributed by atoms with Gasteiger partial charge in [-0.05, 0) is 72.3 Å². The molecule has 0 bridgehead atoms. The van der Waals surface area contributed by atoms with Crippen molar-refractivity contribution in [3.63, 3.8) is 0 Å². The van der Waals surface area contributed by atoms with E-state index in [1.807, 2.05) is 36.4 Å². The third-order valence-electron chi connectivity index (χ3n) is 4.22. The average molecular weight is 454 g/mol. The molecule has 3 aromatic carbocycles. The lowest BCUT2D eigenvalue weighted by molar-refractivity contribution is -0.113. The first kappa shape index (κ1) is 18.5. The Bertz CT molecular complexity index is 1110. The minimum Gasteiger partial charge on any atom is -0.508 e. The van der Waals surface area contributed by atoms with E-state index in [2.05, 4.69) is 20.9 Å². The summed E-state index contributed by atoms with van der Waals surface area (Å²) in [4.78, 5) is 19.3. The Labute approximate surface area is 175 Å². The van der Waals surface area contributed by atoms with E-state index in [0.717, 1.165) is 15.6 Å². The zero-order chi connectivity index (χ0) is 19.7. The number of aliphatic imine (C=N–C) groups is 1. The summed E-state index contributed by atoms with van der Waals surface area (Å²) >= 11 is 9.45. The topological polar surface area (TPSA) is 52.9 Å². The zero-order valence-electron chi connectivity index (χ0n) is 14.5. The fourth-order valence-corrected chi connectivity index (χ4v) is 3.45. The number of phenolic OH excluding ortho intramolecular Hbond substituents is 1. The van der Waals surface area contributed by atoms with Gasteiger partial charge in [-0.3, -0.25) is 9.69 Å². The van der Waals surface area contributed by atoms with Crippen LogP contribution in [0.4, 0.5) is 5.69 Å². The van der Waals surface area contributed by atoms with Gasteiger partial charge in [-0.15, -0.1) is 0 Å². The fourth-order valence-electron chi connectivity index (χ4n) is 2.90. The van der Waals surface area contributed by atoms with Crippen molar-refractivity contribution in [1.29, 1.82) is 0 Å². The normalized spacial score (nSPS) is 15.2. The van der Waals surface area contributed by atoms with Crippen molar-refractivity contribution >= 4 is 51.0 Å². The average Bonchev–Trinajstić information content (AvgIpc) is 2.99. The van der Waals surface area contributed by atoms with Gasteiger partial charge in [-0.1, -0.05) is 39.7 Å². The van der Waals surface area contributed by atoms with Gasteiger partial charge in [0.25, 0.3) is 5.91 Å². The predicted molar refractivity (Wildman–Crippen MR) is 116 cm³/mol. The summed E-state index contributed by atoms with van der Waals surface area (Å²) in [5.74, 6) is 0.398. The molecule has 1 heterocycles. The van der Waals surface area contributed by atoms with Gasteiger partial charge in [-0.2, -0.15) is 0 Å². The molecule has 138 valence electrons. The van der Waals surface area contributed by atoms with E-state index >= 15 is 0 Å². The maximum Gasteiger partial charge on any atom is 0.282 e. The molecule has 0 saturated heterocycles. The summed E-state index contributed by atoms with van der Waals surface area (Å²) in [6, 6.07) is 21.3. The molecule has 3 aromatic rings. The molecular formula is C22H14BrClN2O2. The third-order valence-corrected chi connectivity index (χ3v) is 4.97. The number of carbonyl (C=O) groups is 1. The van der Waals surface area contributed by atoms with Crippen LogP contribution < -0.4 is 4.90 Å². The first-order valence-electron chi connectivity index (χ1n) is 8.47. The second-order valence-electron chi connectivity index (χ2n) is 6.18. The summed E-state index contributed by atoms with van der Waals surface area (Å²) in [6.45, 7) is 0. The quantitative estimate of drug-likeness (QED) is 0.522. The van der Waals surface area contributed by atoms with E-state index in [0.29, 0.717) is 22.2 Å². The summed E-state index contributed by atoms with van der Waals surface area (Å²) < 4.78 is 0.921. The lowest BCUT2D eigenvalue weighted by atomic mass is 10.1. The maximum absolute atomic E-state index is 13.2. The van der Waals surface area contributed by atoms with Crippen LogP contribution in [-0.2, 0) is 4.79 Å². The van der Waals surface area contributed by atoms with Crippen LogP contribution in [-0.4, -0.2) is 16.8 Å². The van der Waals surface area contributed by atoms with Crippen molar-refractivity contribution < 1.29 is 9.90 Å². The molecule has 0 radical (unpaired) electrons. The third kappa shape index (κ3) is 3.72. The number of nitrogens with zero attached hydrogens (tertiary/aromatic N) is 2. The van der Waals surface area contributed by atoms with Crippen LogP contribution in [0.25, 0.3) is 6.08 Å². The van der Waals surface area contributed by atoms with Crippen molar-refractivity contribution in [2.75, 3.05) is 4.90 Å². The van der Waals surface area contributed by atoms with Crippen LogP contribution in [0.2, 0.25) is 5.02 Å². The maximum atomic E-state index is 13.2. The van der Waals surface area contributed by atoms with Gasteiger partial charge in [0.05, 0.1) is 5.69 Å². The van der Waals surface area contributed by atoms with Crippen LogP contribution in [0.3, 0.4) is 0 Å². The number of anilines is 1. The number of carbonyl (C=O) groups excluding carboxylic acids is 1. The van der Waals surface area contributed by atoms with Crippen molar-refractivity contribution in [1.82, 2.24) is 0 Å². The number of hydrogen-bond acceptors (Lipinski definition) is 3. The number of benzene rings is 3. The Kier molecular flexibility index (Phi) is 5.03. The van der Waals surface area contributed by atoms with Gasteiger partial charge >= 0.3 is 0 Å². The Hall–Kier alpha value is -2.89. The van der Waals surface area contributed by atoms with Crippen LogP contribution in [0, 0.1) is 0 Å². The molecule has 4 nitrogen and oxygen atoms in total. The van der Waals surface area contributed by atoms with E-state index in [1.54, 1.807) is 30.3 Å². The van der Waals surface area contributed by atoms with E-state index in [9.17, 15) is 9.90 Å². The Balaban J connectivity index is 1.82. The number of rotatable bonds is 3. The molecule has 1 aliphatic rings. The summed E-state index contributed by atoms with van der Waals surface area (Å²) in [6.07, 6.45) is 1.75. The van der Waals surface area contributed by atoms with E-state index in [4.69, 9.17) is 11.6 Å². The van der Waals surface area contributed by atoms with E-state index in [-0.39, 0.29) is 11.7 Å². The lowest BCUT2D eigenvalue weighted by Gasteiger charge is -2.18. The van der Waals surface area contributed by atoms with Gasteiger partial charge in [-0.25, -0.2) is 4.99 Å². The van der Waals surface area contributed by atoms with Gasteiger partial charge in [0.1, 0.15) is 17.3 Å². The Morgan fingerprint density at radius 1 is 1.00 bits per heavy atom. The standard InChI is InChI=1S/C22H14BrClN2O2/c23-16-3-1-2-14(12-16)13-20-22(28)26(18-8-10-19(27)11-9-18)21(25-20)15-4-6-17(24)7-5-15/h1-13,27H/b20-13+. The summed E-state index contributed by atoms with van der Waals surface area (Å²) in [5, 5.41) is 10.2. The highest BCUT2D eigenvalue weighted by Crippen LogP contribution is 2.29. The van der Waals surface area contributed by atoms with Crippen molar-refractivity contribution in [3.05, 3.63) is 99.1 Å². The number of phenols is 1. The minimum absolute atomic E-state index is 0.130. The first-order valence-corrected chi connectivity index (χ1v) is 9.64. The fraction of sp³-hybridized carbons (Fsp3) is 0. The van der Waals surface area contributed by atoms with Crippen molar-refractivity contribution in [2.45, 2.75) is 0 Å². The molecule has 0 fully saturated rings. The number of hydrogen-bond donors (Lipinski definition) is 1. The lowest BCUT2D eigenvalue weighted by Crippen LogP contribution is -2.32. The van der Waals surface area contributed by atoms with Crippen molar-refractivity contribution in [2.24, 2.45) is 4.99 Å². The molecule has 0 spiro atoms. The van der Waals surface area contributed by atoms with Crippen molar-refractivity contribution in [3.8, 4) is 5.75 Å². The molecule has 1 aliphatic heterocycles. The highest BCUT2D eigenvalue weighted by atomic mass is 79.9. The van der Waals surface area contributed by atoms with Crippen LogP contribution in [0.5, 0.6) is 5.75 Å². The molecule has 0 aromatic heterocycles. The molecule has 0 unspecified atom stereocenters. The molecule has 0 atom stereocenters. The van der Waals surface area contributed by atoms with E-state index in [1.165, 1.54) is 17.0 Å². The van der Waals surface area contributed by atoms with Gasteiger partial charge in [0.2, 0.25) is 0 Å². The molecular weight excluding hydrogens is 440 g/mol. The number of aromatic hydroxyl groups is 1. The molecule has 28 heavy (non-hydrogen) atoms. The molecule has 6 heteroatoms. The highest BCUT2D eigenvalue weighted by molar-refractivity contribution is 9.10. The first-order chi connectivity index (χ1) is 13.5. The second kappa shape index (κ2) is 7.62. The van der Waals surface area contributed by atoms with E-state index < -0.39 is 0 Å². The largest absolute Gasteiger partial charge is 0.508 e. The second-order valence-corrected chi connectivity index (χ2v) is 7.54. The Morgan fingerprint density at radius 3 is 2.39 bits per heavy atom. The van der Waals surface area contributed by atoms with Crippen LogP contribution in [0.1, 0.15) is 11.1 Å². The summed E-state index contributed by atoms with van der Waals surface area (Å²) in [7, 11) is 0. The zero-order valence-corrected chi connectivity index (χ0v) is 16.9. The van der Waals surface area contributed by atoms with Gasteiger partial charge < -0.3 is 5.11 Å². The molecule has 1 amide bonds. The smallest absolute Gasteiger partial charge is 0.282 e. The monoisotopic (exact) mass is 452 g/mol. The number of amidine groups is 1. The molecule has 0 saturated carbocycles. The number of halogens is 2. The molecule has 0 aliphatic carbocycles. The minimum atomic E-state index is -0.240. The highest BCUT2D eigenvalue weighted by Gasteiger charge is 2.32. The van der Waals surface area contributed by atoms with Gasteiger partial charge in [0, 0.05) is 15.1 Å². The van der Waals surface area contributed by atoms with Crippen LogP contribution in [0.15, 0.2) is 88.0 Å². The number of amides is 1. The molecule has 1 N–H and O–H groups in total. The summed E-state index contributed by atoms with van der Waals surface area (Å²) in [5.41, 5.74) is 2.58. The SMILES string of the molecule is O=C1/C(=C\c2cccc(Br)c2)N=C(c2ccc(Cl)cc2)N1c1ccc(O)cc1.